The molecule has 2 saturated heterocycles. The van der Waals surface area contributed by atoms with Crippen LogP contribution in [0.1, 0.15) is 31.2 Å². The highest BCUT2D eigenvalue weighted by molar-refractivity contribution is 5.80. The highest BCUT2D eigenvalue weighted by Gasteiger charge is 2.29. The molecule has 4 rings (SSSR count). The first-order valence-corrected chi connectivity index (χ1v) is 12.5. The van der Waals surface area contributed by atoms with Gasteiger partial charge in [-0.15, -0.1) is 0 Å². The van der Waals surface area contributed by atoms with E-state index < -0.39 is 0 Å². The Hall–Kier alpha value is -2.71. The second kappa shape index (κ2) is 12.1. The largest absolute Gasteiger partial charge is 0.383 e. The van der Waals surface area contributed by atoms with Crippen LogP contribution in [0.2, 0.25) is 0 Å². The summed E-state index contributed by atoms with van der Waals surface area (Å²) in [5.74, 6) is 0.775. The van der Waals surface area contributed by atoms with Gasteiger partial charge in [-0.3, -0.25) is 14.5 Å². The number of methoxy groups -OCH3 is 1. The molecule has 0 aliphatic carbocycles. The zero-order valence-corrected chi connectivity index (χ0v) is 20.2. The molecular weight excluding hydrogens is 430 g/mol. The van der Waals surface area contributed by atoms with Crippen LogP contribution in [0.15, 0.2) is 47.4 Å². The molecule has 3 heterocycles. The number of nitrogens with one attached hydrogen (secondary N) is 1. The average Bonchev–Trinajstić information content (AvgIpc) is 3.35. The molecule has 184 valence electrons. The van der Waals surface area contributed by atoms with E-state index in [0.29, 0.717) is 25.6 Å². The molecule has 1 aromatic carbocycles. The van der Waals surface area contributed by atoms with Crippen molar-refractivity contribution in [3.63, 3.8) is 0 Å². The van der Waals surface area contributed by atoms with Gasteiger partial charge in [-0.05, 0) is 50.3 Å². The molecule has 0 bridgehead atoms. The molecule has 2 aliphatic heterocycles. The van der Waals surface area contributed by atoms with Crippen LogP contribution < -0.4 is 15.8 Å². The summed E-state index contributed by atoms with van der Waals surface area (Å²) in [5.41, 5.74) is 2.02. The van der Waals surface area contributed by atoms with Crippen molar-refractivity contribution in [2.75, 3.05) is 51.3 Å². The molecule has 8 nitrogen and oxygen atoms in total. The number of carbonyl (C=O) groups excluding carboxylic acids is 1. The first kappa shape index (κ1) is 24.4. The topological polar surface area (TPSA) is 79.7 Å². The summed E-state index contributed by atoms with van der Waals surface area (Å²) in [6.45, 7) is 6.31. The summed E-state index contributed by atoms with van der Waals surface area (Å²) in [7, 11) is 1.60. The number of aromatic nitrogens is 2. The number of rotatable bonds is 10. The predicted octanol–water partition coefficient (Wildman–Crippen LogP) is 2.13. The number of hydrogen-bond acceptors (Lipinski definition) is 6. The van der Waals surface area contributed by atoms with E-state index in [9.17, 15) is 9.59 Å². The molecule has 34 heavy (non-hydrogen) atoms. The Labute approximate surface area is 201 Å². The van der Waals surface area contributed by atoms with Crippen LogP contribution in [0.4, 0.5) is 5.69 Å². The molecular formula is C26H37N5O3. The molecule has 1 N–H and O–H groups in total. The smallest absolute Gasteiger partial charge is 0.268 e. The van der Waals surface area contributed by atoms with Gasteiger partial charge in [0.1, 0.15) is 0 Å². The lowest BCUT2D eigenvalue weighted by atomic mass is 9.93. The van der Waals surface area contributed by atoms with Crippen LogP contribution in [0.3, 0.4) is 0 Å². The highest BCUT2D eigenvalue weighted by Crippen LogP contribution is 2.23. The third kappa shape index (κ3) is 6.67. The zero-order chi connectivity index (χ0) is 23.8. The fourth-order valence-corrected chi connectivity index (χ4v) is 4.97. The normalized spacial score (nSPS) is 19.4. The minimum atomic E-state index is -0.141. The fourth-order valence-electron chi connectivity index (χ4n) is 4.97. The molecule has 1 unspecified atom stereocenters. The SMILES string of the molecule is COCCn1ncc(N2CCC(C(=O)NCCC3CCN(Cc4ccccc4)CC3)C2)cc1=O. The lowest BCUT2D eigenvalue weighted by Gasteiger charge is -2.32. The van der Waals surface area contributed by atoms with E-state index in [0.717, 1.165) is 51.3 Å². The molecule has 2 aliphatic rings. The quantitative estimate of drug-likeness (QED) is 0.577. The van der Waals surface area contributed by atoms with Gasteiger partial charge < -0.3 is 15.0 Å². The average molecular weight is 468 g/mol. The number of ether oxygens (including phenoxy) is 1. The van der Waals surface area contributed by atoms with Crippen LogP contribution in [-0.2, 0) is 22.6 Å². The van der Waals surface area contributed by atoms with Crippen LogP contribution in [0, 0.1) is 11.8 Å². The molecule has 1 aromatic heterocycles. The van der Waals surface area contributed by atoms with Crippen molar-refractivity contribution in [1.82, 2.24) is 20.0 Å². The Morgan fingerprint density at radius 3 is 2.68 bits per heavy atom. The number of carbonyl (C=O) groups is 1. The second-order valence-corrected chi connectivity index (χ2v) is 9.48. The summed E-state index contributed by atoms with van der Waals surface area (Å²) in [6, 6.07) is 12.3. The Morgan fingerprint density at radius 2 is 1.94 bits per heavy atom. The van der Waals surface area contributed by atoms with Gasteiger partial charge in [0.05, 0.1) is 31.0 Å². The van der Waals surface area contributed by atoms with Gasteiger partial charge in [0.15, 0.2) is 0 Å². The lowest BCUT2D eigenvalue weighted by molar-refractivity contribution is -0.124. The van der Waals surface area contributed by atoms with E-state index in [1.165, 1.54) is 23.1 Å². The molecule has 0 radical (unpaired) electrons. The Balaban J connectivity index is 1.15. The maximum absolute atomic E-state index is 12.7. The van der Waals surface area contributed by atoms with Crippen molar-refractivity contribution in [2.45, 2.75) is 38.8 Å². The summed E-state index contributed by atoms with van der Waals surface area (Å²) in [4.78, 5) is 29.6. The summed E-state index contributed by atoms with van der Waals surface area (Å²) < 4.78 is 6.41. The Bertz CT molecular complexity index is 972. The summed E-state index contributed by atoms with van der Waals surface area (Å²) >= 11 is 0. The van der Waals surface area contributed by atoms with Crippen molar-refractivity contribution in [3.05, 3.63) is 58.5 Å². The number of piperidine rings is 1. The Morgan fingerprint density at radius 1 is 1.15 bits per heavy atom. The van der Waals surface area contributed by atoms with Crippen molar-refractivity contribution in [3.8, 4) is 0 Å². The maximum atomic E-state index is 12.7. The van der Waals surface area contributed by atoms with Crippen molar-refractivity contribution >= 4 is 11.6 Å². The van der Waals surface area contributed by atoms with Gasteiger partial charge in [-0.25, -0.2) is 4.68 Å². The Kier molecular flexibility index (Phi) is 8.71. The first-order chi connectivity index (χ1) is 16.6. The second-order valence-electron chi connectivity index (χ2n) is 9.48. The standard InChI is InChI=1S/C26H37N5O3/c1-34-16-15-31-25(32)17-24(18-28-31)30-14-10-23(20-30)26(33)27-11-7-21-8-12-29(13-9-21)19-22-5-3-2-4-6-22/h2-6,17-18,21,23H,7-16,19-20H2,1H3,(H,27,33). The van der Waals surface area contributed by atoms with E-state index in [-0.39, 0.29) is 17.4 Å². The molecule has 0 saturated carbocycles. The van der Waals surface area contributed by atoms with Crippen molar-refractivity contribution < 1.29 is 9.53 Å². The first-order valence-electron chi connectivity index (χ1n) is 12.5. The molecule has 2 fully saturated rings. The third-order valence-corrected chi connectivity index (χ3v) is 7.09. The van der Waals surface area contributed by atoms with Gasteiger partial charge in [0.25, 0.3) is 5.56 Å². The fraction of sp³-hybridized carbons (Fsp3) is 0.577. The van der Waals surface area contributed by atoms with E-state index in [1.807, 2.05) is 0 Å². The van der Waals surface area contributed by atoms with Gasteiger partial charge in [-0.1, -0.05) is 30.3 Å². The minimum absolute atomic E-state index is 0.0383. The number of nitrogens with zero attached hydrogens (tertiary/aromatic N) is 4. The molecule has 2 aromatic rings. The van der Waals surface area contributed by atoms with E-state index >= 15 is 0 Å². The number of anilines is 1. The number of hydrogen-bond donors (Lipinski definition) is 1. The third-order valence-electron chi connectivity index (χ3n) is 7.09. The van der Waals surface area contributed by atoms with Crippen molar-refractivity contribution in [2.24, 2.45) is 11.8 Å². The summed E-state index contributed by atoms with van der Waals surface area (Å²) in [5, 5.41) is 7.40. The van der Waals surface area contributed by atoms with Crippen molar-refractivity contribution in [1.29, 1.82) is 0 Å². The zero-order valence-electron chi connectivity index (χ0n) is 20.2. The molecule has 0 spiro atoms. The number of benzene rings is 1. The van der Waals surface area contributed by atoms with Crippen LogP contribution in [-0.4, -0.2) is 67.0 Å². The van der Waals surface area contributed by atoms with Gasteiger partial charge >= 0.3 is 0 Å². The predicted molar refractivity (Wildman–Crippen MR) is 133 cm³/mol. The van der Waals surface area contributed by atoms with Gasteiger partial charge in [0.2, 0.25) is 5.91 Å². The number of likely N-dealkylation sites (tertiary alicyclic amines) is 1. The maximum Gasteiger partial charge on any atom is 0.268 e. The van der Waals surface area contributed by atoms with Gasteiger partial charge in [0, 0.05) is 39.4 Å². The van der Waals surface area contributed by atoms with Crippen LogP contribution >= 0.6 is 0 Å². The van der Waals surface area contributed by atoms with Crippen LogP contribution in [0.5, 0.6) is 0 Å². The highest BCUT2D eigenvalue weighted by atomic mass is 16.5. The van der Waals surface area contributed by atoms with E-state index in [4.69, 9.17) is 4.74 Å². The molecule has 1 amide bonds. The van der Waals surface area contributed by atoms with Crippen LogP contribution in [0.25, 0.3) is 0 Å². The van der Waals surface area contributed by atoms with E-state index in [1.54, 1.807) is 19.4 Å². The van der Waals surface area contributed by atoms with E-state index in [2.05, 4.69) is 50.5 Å². The monoisotopic (exact) mass is 467 g/mol. The minimum Gasteiger partial charge on any atom is -0.383 e. The summed E-state index contributed by atoms with van der Waals surface area (Å²) in [6.07, 6.45) is 5.95. The molecule has 8 heteroatoms. The van der Waals surface area contributed by atoms with Gasteiger partial charge in [-0.2, -0.15) is 5.10 Å². The number of amides is 1. The lowest BCUT2D eigenvalue weighted by Crippen LogP contribution is -2.36. The molecule has 1 atom stereocenters.